The summed E-state index contributed by atoms with van der Waals surface area (Å²) in [5.41, 5.74) is 0. The first-order chi connectivity index (χ1) is 27.2. The van der Waals surface area contributed by atoms with E-state index in [0.717, 1.165) is 83.5 Å². The van der Waals surface area contributed by atoms with Gasteiger partial charge in [-0.15, -0.1) is 0 Å². The number of hydrogen-bond acceptors (Lipinski definition) is 10. The van der Waals surface area contributed by atoms with Crippen LogP contribution in [0.2, 0.25) is 0 Å². The first kappa shape index (κ1) is 60.3. The molecule has 0 aliphatic heterocycles. The molecule has 0 fully saturated rings. The van der Waals surface area contributed by atoms with Crippen molar-refractivity contribution >= 4 is 23.9 Å². The third kappa shape index (κ3) is 66.4. The summed E-state index contributed by atoms with van der Waals surface area (Å²) in [5.74, 6) is -1.02. The van der Waals surface area contributed by atoms with Gasteiger partial charge in [-0.05, 0) is 70.6 Å². The summed E-state index contributed by atoms with van der Waals surface area (Å²) < 4.78 is 15.4. The SMILES string of the molecule is CCCC(=O)O.CCCCCC(=O)OCCCCO.OCCCO.[CH2+]CCCCCCCCCCCCCCCCC(=O)OCCCCOC(=O)CCCCC. The molecule has 0 aromatic heterocycles. The van der Waals surface area contributed by atoms with Gasteiger partial charge in [0.25, 0.3) is 0 Å². The summed E-state index contributed by atoms with van der Waals surface area (Å²) in [5, 5.41) is 32.2. The number of carboxylic acid groups (broad SMARTS) is 1. The number of rotatable bonds is 37. The molecule has 0 unspecified atom stereocenters. The molecular formula is C45H89O11+. The highest BCUT2D eigenvalue weighted by molar-refractivity contribution is 5.70. The number of esters is 3. The van der Waals surface area contributed by atoms with Crippen LogP contribution in [0.25, 0.3) is 0 Å². The number of unbranched alkanes of at least 4 members (excludes halogenated alkanes) is 20. The van der Waals surface area contributed by atoms with Crippen LogP contribution in [-0.4, -0.2) is 83.9 Å². The summed E-state index contributed by atoms with van der Waals surface area (Å²) in [6.45, 7) is 11.6. The lowest BCUT2D eigenvalue weighted by Gasteiger charge is -2.06. The molecule has 0 saturated heterocycles. The minimum absolute atomic E-state index is 0.0899. The van der Waals surface area contributed by atoms with Gasteiger partial charge in [0.1, 0.15) is 0 Å². The minimum atomic E-state index is -0.711. The summed E-state index contributed by atoms with van der Waals surface area (Å²) in [4.78, 5) is 43.8. The molecule has 56 heavy (non-hydrogen) atoms. The highest BCUT2D eigenvalue weighted by Gasteiger charge is 2.05. The molecule has 0 bridgehead atoms. The van der Waals surface area contributed by atoms with Crippen LogP contribution in [0.1, 0.15) is 220 Å². The maximum absolute atomic E-state index is 11.8. The van der Waals surface area contributed by atoms with Crippen molar-refractivity contribution in [3.63, 3.8) is 0 Å². The number of carboxylic acids is 1. The molecule has 0 amide bonds. The second kappa shape index (κ2) is 57.0. The van der Waals surface area contributed by atoms with Gasteiger partial charge in [-0.25, -0.2) is 0 Å². The maximum Gasteiger partial charge on any atom is 0.305 e. The molecule has 0 aromatic rings. The molecule has 0 heterocycles. The van der Waals surface area contributed by atoms with E-state index in [-0.39, 0.29) is 37.7 Å². The predicted molar refractivity (Wildman–Crippen MR) is 227 cm³/mol. The van der Waals surface area contributed by atoms with Gasteiger partial charge in [0.2, 0.25) is 0 Å². The van der Waals surface area contributed by atoms with Crippen LogP contribution in [0.15, 0.2) is 0 Å². The van der Waals surface area contributed by atoms with Crippen molar-refractivity contribution in [3.8, 4) is 0 Å². The molecule has 0 aliphatic rings. The van der Waals surface area contributed by atoms with Gasteiger partial charge in [0, 0.05) is 45.5 Å². The second-order valence-corrected chi connectivity index (χ2v) is 14.2. The van der Waals surface area contributed by atoms with Crippen LogP contribution in [0.3, 0.4) is 0 Å². The van der Waals surface area contributed by atoms with Crippen LogP contribution >= 0.6 is 0 Å². The van der Waals surface area contributed by atoms with E-state index in [4.69, 9.17) is 34.6 Å². The molecule has 0 radical (unpaired) electrons. The predicted octanol–water partition coefficient (Wildman–Crippen LogP) is 10.6. The van der Waals surface area contributed by atoms with Crippen LogP contribution in [0, 0.1) is 6.92 Å². The van der Waals surface area contributed by atoms with E-state index in [1.54, 1.807) is 0 Å². The lowest BCUT2D eigenvalue weighted by molar-refractivity contribution is -0.146. The Morgan fingerprint density at radius 3 is 0.929 bits per heavy atom. The standard InChI is InChI=1S/C28H53O4.C10H20O3.C4H8O2.C3H8O2/c1-3-5-7-8-9-10-11-12-13-14-15-16-17-18-20-24-28(30)32-26-22-21-25-31-27(29)23-19-6-4-2;1-2-3-4-7-10(12)13-9-6-5-8-11;1-2-3-4(5)6;4-2-1-3-5/h1,3-26H2,2H3;11H,2-9H2,1H3;2-3H2,1H3,(H,5,6);4-5H,1-3H2/q+1;;;. The Hall–Kier alpha value is -2.37. The Morgan fingerprint density at radius 2 is 0.679 bits per heavy atom. The van der Waals surface area contributed by atoms with Gasteiger partial charge in [-0.3, -0.25) is 19.2 Å². The van der Waals surface area contributed by atoms with Gasteiger partial charge in [0.05, 0.1) is 33.2 Å². The molecule has 0 aromatic carbocycles. The molecule has 0 rings (SSSR count). The molecule has 0 atom stereocenters. The average Bonchev–Trinajstić information content (AvgIpc) is 3.17. The fraction of sp³-hybridized carbons (Fsp3) is 0.889. The quantitative estimate of drug-likeness (QED) is 0.0203. The van der Waals surface area contributed by atoms with Crippen LogP contribution in [0.4, 0.5) is 0 Å². The van der Waals surface area contributed by atoms with Crippen molar-refractivity contribution < 1.29 is 53.8 Å². The lowest BCUT2D eigenvalue weighted by atomic mass is 10.0. The van der Waals surface area contributed by atoms with Gasteiger partial charge < -0.3 is 34.6 Å². The fourth-order valence-electron chi connectivity index (χ4n) is 5.08. The van der Waals surface area contributed by atoms with E-state index in [2.05, 4.69) is 20.8 Å². The largest absolute Gasteiger partial charge is 0.481 e. The van der Waals surface area contributed by atoms with Crippen molar-refractivity contribution in [2.24, 2.45) is 0 Å². The summed E-state index contributed by atoms with van der Waals surface area (Å²) >= 11 is 0. The number of aliphatic carboxylic acids is 1. The minimum Gasteiger partial charge on any atom is -0.481 e. The number of aliphatic hydroxyl groups is 3. The number of ether oxygens (including phenoxy) is 3. The van der Waals surface area contributed by atoms with E-state index in [9.17, 15) is 19.2 Å². The second-order valence-electron chi connectivity index (χ2n) is 14.2. The fourth-order valence-corrected chi connectivity index (χ4v) is 5.08. The normalized spacial score (nSPS) is 10.2. The van der Waals surface area contributed by atoms with Gasteiger partial charge >= 0.3 is 23.9 Å². The van der Waals surface area contributed by atoms with E-state index < -0.39 is 5.97 Å². The lowest BCUT2D eigenvalue weighted by Crippen LogP contribution is -2.08. The Balaban J connectivity index is -0.000000455. The van der Waals surface area contributed by atoms with Crippen molar-refractivity contribution in [1.29, 1.82) is 0 Å². The topological polar surface area (TPSA) is 177 Å². The van der Waals surface area contributed by atoms with Crippen molar-refractivity contribution in [1.82, 2.24) is 0 Å². The Morgan fingerprint density at radius 1 is 0.375 bits per heavy atom. The molecular weight excluding hydrogens is 716 g/mol. The third-order valence-corrected chi connectivity index (χ3v) is 8.51. The van der Waals surface area contributed by atoms with Crippen LogP contribution in [0.5, 0.6) is 0 Å². The molecule has 4 N–H and O–H groups in total. The zero-order chi connectivity index (χ0) is 42.6. The van der Waals surface area contributed by atoms with E-state index in [1.165, 1.54) is 77.0 Å². The number of aliphatic hydroxyl groups excluding tert-OH is 3. The van der Waals surface area contributed by atoms with E-state index in [1.807, 2.05) is 6.92 Å². The highest BCUT2D eigenvalue weighted by Crippen LogP contribution is 2.14. The van der Waals surface area contributed by atoms with Crippen molar-refractivity contribution in [2.75, 3.05) is 39.6 Å². The number of carbonyl (C=O) groups is 4. The molecule has 11 nitrogen and oxygen atoms in total. The molecule has 0 saturated carbocycles. The van der Waals surface area contributed by atoms with Gasteiger partial charge in [-0.2, -0.15) is 0 Å². The number of hydrogen-bond donors (Lipinski definition) is 4. The number of carbonyl (C=O) groups excluding carboxylic acids is 3. The maximum atomic E-state index is 11.8. The van der Waals surface area contributed by atoms with Gasteiger partial charge in [-0.1, -0.05) is 117 Å². The summed E-state index contributed by atoms with van der Waals surface area (Å²) in [6.07, 6.45) is 31.7. The Kier molecular flexibility index (Phi) is 61.3. The molecule has 0 spiro atoms. The first-order valence-electron chi connectivity index (χ1n) is 22.5. The van der Waals surface area contributed by atoms with Crippen molar-refractivity contribution in [3.05, 3.63) is 6.92 Å². The highest BCUT2D eigenvalue weighted by atomic mass is 16.5. The third-order valence-electron chi connectivity index (χ3n) is 8.51. The smallest absolute Gasteiger partial charge is 0.305 e. The monoisotopic (exact) mass is 806 g/mol. The Bertz CT molecular complexity index is 790. The summed E-state index contributed by atoms with van der Waals surface area (Å²) in [7, 11) is 0. The van der Waals surface area contributed by atoms with Gasteiger partial charge in [0.15, 0.2) is 0 Å². The van der Waals surface area contributed by atoms with Crippen molar-refractivity contribution in [2.45, 2.75) is 220 Å². The molecule has 334 valence electrons. The molecule has 0 aliphatic carbocycles. The molecule has 11 heteroatoms. The van der Waals surface area contributed by atoms with E-state index >= 15 is 0 Å². The van der Waals surface area contributed by atoms with E-state index in [0.29, 0.717) is 58.3 Å². The zero-order valence-electron chi connectivity index (χ0n) is 36.5. The zero-order valence-corrected chi connectivity index (χ0v) is 36.5. The Labute approximate surface area is 343 Å². The summed E-state index contributed by atoms with van der Waals surface area (Å²) in [6, 6.07) is 0. The van der Waals surface area contributed by atoms with Crippen LogP contribution < -0.4 is 0 Å². The average molecular weight is 806 g/mol. The first-order valence-corrected chi connectivity index (χ1v) is 22.5. The van der Waals surface area contributed by atoms with Crippen LogP contribution in [-0.2, 0) is 33.4 Å².